The van der Waals surface area contributed by atoms with Crippen LogP contribution in [0.15, 0.2) is 18.2 Å². The number of hydrogen-bond acceptors (Lipinski definition) is 2. The van der Waals surface area contributed by atoms with Gasteiger partial charge in [-0.25, -0.2) is 0 Å². The summed E-state index contributed by atoms with van der Waals surface area (Å²) in [5, 5.41) is 2.74. The zero-order chi connectivity index (χ0) is 11.3. The van der Waals surface area contributed by atoms with E-state index in [1.807, 2.05) is 18.2 Å². The maximum atomic E-state index is 10.8. The van der Waals surface area contributed by atoms with Crippen LogP contribution >= 0.6 is 0 Å². The van der Waals surface area contributed by atoms with Crippen LogP contribution in [0.5, 0.6) is 0 Å². The number of carbonyl (C=O) groups excluding carboxylic acids is 1. The van der Waals surface area contributed by atoms with Gasteiger partial charge in [0.1, 0.15) is 0 Å². The van der Waals surface area contributed by atoms with E-state index < -0.39 is 0 Å². The fraction of sp³-hybridized carbons (Fsp3) is 0.500. The van der Waals surface area contributed by atoms with Crippen molar-refractivity contribution in [2.24, 2.45) is 0 Å². The fourth-order valence-corrected chi connectivity index (χ4v) is 1.30. The van der Waals surface area contributed by atoms with Crippen molar-refractivity contribution < 1.29 is 4.79 Å². The highest BCUT2D eigenvalue weighted by molar-refractivity contribution is 5.72. The number of rotatable bonds is 4. The topological polar surface area (TPSA) is 42.0 Å². The molecule has 15 heavy (non-hydrogen) atoms. The fourth-order valence-electron chi connectivity index (χ4n) is 1.30. The number of nitrogens with one attached hydrogen (secondary N) is 1. The molecule has 1 rings (SSSR count). The van der Waals surface area contributed by atoms with E-state index in [1.54, 1.807) is 0 Å². The van der Waals surface area contributed by atoms with E-state index in [1.165, 1.54) is 6.92 Å². The van der Waals surface area contributed by atoms with E-state index >= 15 is 0 Å². The maximum Gasteiger partial charge on any atom is 0.217 e. The first-order chi connectivity index (χ1) is 7.13. The highest BCUT2D eigenvalue weighted by Crippen LogP contribution is 2.15. The van der Waals surface area contributed by atoms with Crippen molar-refractivity contribution >= 4 is 5.91 Å². The van der Waals surface area contributed by atoms with Gasteiger partial charge in [0.15, 0.2) is 0 Å². The number of pyridine rings is 1. The first kappa shape index (κ1) is 11.7. The molecule has 3 heteroatoms. The molecule has 0 fully saturated rings. The summed E-state index contributed by atoms with van der Waals surface area (Å²) < 4.78 is 0. The molecule has 82 valence electrons. The molecule has 1 heterocycles. The third-order valence-corrected chi connectivity index (χ3v) is 2.46. The minimum absolute atomic E-state index is 0.0225. The minimum Gasteiger partial charge on any atom is -0.351 e. The molecule has 0 unspecified atom stereocenters. The first-order valence-corrected chi connectivity index (χ1v) is 5.33. The van der Waals surface area contributed by atoms with Gasteiger partial charge in [-0.15, -0.1) is 0 Å². The highest BCUT2D eigenvalue weighted by atomic mass is 16.1. The van der Waals surface area contributed by atoms with Gasteiger partial charge in [0.25, 0.3) is 0 Å². The monoisotopic (exact) mass is 206 g/mol. The Morgan fingerprint density at radius 1 is 1.53 bits per heavy atom. The highest BCUT2D eigenvalue weighted by Gasteiger charge is 2.05. The molecular formula is C12H18N2O. The molecule has 3 nitrogen and oxygen atoms in total. The average molecular weight is 206 g/mol. The van der Waals surface area contributed by atoms with Crippen LogP contribution in [0.3, 0.4) is 0 Å². The zero-order valence-corrected chi connectivity index (χ0v) is 9.58. The molecule has 1 amide bonds. The molecule has 0 saturated carbocycles. The molecule has 0 saturated heterocycles. The molecule has 0 aliphatic rings. The van der Waals surface area contributed by atoms with E-state index in [9.17, 15) is 4.79 Å². The standard InChI is InChI=1S/C12H18N2O/c1-4-9(2)12-7-5-6-11(14-12)8-13-10(3)15/h5-7,9H,4,8H2,1-3H3,(H,13,15)/t9-/m0/s1. The van der Waals surface area contributed by atoms with Crippen LogP contribution in [0, 0.1) is 0 Å². The Morgan fingerprint density at radius 2 is 2.27 bits per heavy atom. The molecule has 0 bridgehead atoms. The van der Waals surface area contributed by atoms with Crippen molar-refractivity contribution in [3.8, 4) is 0 Å². The SMILES string of the molecule is CC[C@H](C)c1cccc(CNC(C)=O)n1. The van der Waals surface area contributed by atoms with E-state index in [-0.39, 0.29) is 5.91 Å². The molecule has 0 aliphatic heterocycles. The van der Waals surface area contributed by atoms with Gasteiger partial charge in [0, 0.05) is 12.6 Å². The zero-order valence-electron chi connectivity index (χ0n) is 9.58. The molecule has 0 radical (unpaired) electrons. The van der Waals surface area contributed by atoms with Crippen LogP contribution in [0.1, 0.15) is 44.5 Å². The molecule has 1 atom stereocenters. The summed E-state index contributed by atoms with van der Waals surface area (Å²) in [5.41, 5.74) is 2.02. The van der Waals surface area contributed by atoms with E-state index in [2.05, 4.69) is 24.1 Å². The lowest BCUT2D eigenvalue weighted by molar-refractivity contribution is -0.119. The molecule has 0 aromatic carbocycles. The van der Waals surface area contributed by atoms with Crippen LogP contribution < -0.4 is 5.32 Å². The number of hydrogen-bond donors (Lipinski definition) is 1. The van der Waals surface area contributed by atoms with Gasteiger partial charge in [0.2, 0.25) is 5.91 Å². The van der Waals surface area contributed by atoms with Gasteiger partial charge < -0.3 is 5.32 Å². The second kappa shape index (κ2) is 5.49. The third-order valence-electron chi connectivity index (χ3n) is 2.46. The molecule has 1 aromatic heterocycles. The van der Waals surface area contributed by atoms with Crippen LogP contribution in [-0.4, -0.2) is 10.9 Å². The Morgan fingerprint density at radius 3 is 2.87 bits per heavy atom. The van der Waals surface area contributed by atoms with Gasteiger partial charge in [0.05, 0.1) is 12.2 Å². The Balaban J connectivity index is 2.69. The van der Waals surface area contributed by atoms with E-state index in [0.717, 1.165) is 17.8 Å². The van der Waals surface area contributed by atoms with Crippen molar-refractivity contribution in [3.05, 3.63) is 29.6 Å². The predicted molar refractivity (Wildman–Crippen MR) is 60.5 cm³/mol. The largest absolute Gasteiger partial charge is 0.351 e. The van der Waals surface area contributed by atoms with E-state index in [0.29, 0.717) is 12.5 Å². The van der Waals surface area contributed by atoms with Crippen molar-refractivity contribution in [1.29, 1.82) is 0 Å². The number of amides is 1. The van der Waals surface area contributed by atoms with Crippen molar-refractivity contribution in [2.45, 2.75) is 39.7 Å². The van der Waals surface area contributed by atoms with Gasteiger partial charge in [-0.2, -0.15) is 0 Å². The van der Waals surface area contributed by atoms with Gasteiger partial charge >= 0.3 is 0 Å². The molecular weight excluding hydrogens is 188 g/mol. The van der Waals surface area contributed by atoms with E-state index in [4.69, 9.17) is 0 Å². The lowest BCUT2D eigenvalue weighted by Gasteiger charge is -2.09. The second-order valence-electron chi connectivity index (χ2n) is 3.77. The summed E-state index contributed by atoms with van der Waals surface area (Å²) in [7, 11) is 0. The minimum atomic E-state index is -0.0225. The second-order valence-corrected chi connectivity index (χ2v) is 3.77. The summed E-state index contributed by atoms with van der Waals surface area (Å²) in [6.45, 7) is 6.33. The average Bonchev–Trinajstić information content (AvgIpc) is 2.25. The Bertz CT molecular complexity index is 336. The summed E-state index contributed by atoms with van der Waals surface area (Å²) in [4.78, 5) is 15.3. The molecule has 0 spiro atoms. The van der Waals surface area contributed by atoms with Crippen molar-refractivity contribution in [2.75, 3.05) is 0 Å². The van der Waals surface area contributed by atoms with Gasteiger partial charge in [-0.05, 0) is 24.5 Å². The van der Waals surface area contributed by atoms with Crippen LogP contribution in [0.25, 0.3) is 0 Å². The predicted octanol–water partition coefficient (Wildman–Crippen LogP) is 2.23. The van der Waals surface area contributed by atoms with Crippen LogP contribution in [-0.2, 0) is 11.3 Å². The van der Waals surface area contributed by atoms with Crippen LogP contribution in [0.4, 0.5) is 0 Å². The van der Waals surface area contributed by atoms with Gasteiger partial charge in [-0.1, -0.05) is 19.9 Å². The van der Waals surface area contributed by atoms with Crippen molar-refractivity contribution in [1.82, 2.24) is 10.3 Å². The van der Waals surface area contributed by atoms with Gasteiger partial charge in [-0.3, -0.25) is 9.78 Å². The third kappa shape index (κ3) is 3.70. The summed E-state index contributed by atoms with van der Waals surface area (Å²) in [6, 6.07) is 5.96. The summed E-state index contributed by atoms with van der Waals surface area (Å²) in [5.74, 6) is 0.452. The molecule has 1 aromatic rings. The summed E-state index contributed by atoms with van der Waals surface area (Å²) in [6.07, 6.45) is 1.08. The Hall–Kier alpha value is -1.38. The number of nitrogens with zero attached hydrogens (tertiary/aromatic N) is 1. The quantitative estimate of drug-likeness (QED) is 0.820. The Kier molecular flexibility index (Phi) is 4.28. The molecule has 0 aliphatic carbocycles. The first-order valence-electron chi connectivity index (χ1n) is 5.33. The Labute approximate surface area is 90.9 Å². The lowest BCUT2D eigenvalue weighted by atomic mass is 10.0. The van der Waals surface area contributed by atoms with Crippen LogP contribution in [0.2, 0.25) is 0 Å². The normalized spacial score (nSPS) is 12.2. The summed E-state index contributed by atoms with van der Waals surface area (Å²) >= 11 is 0. The number of carbonyl (C=O) groups is 1. The molecule has 1 N–H and O–H groups in total. The van der Waals surface area contributed by atoms with Crippen molar-refractivity contribution in [3.63, 3.8) is 0 Å². The number of aromatic nitrogens is 1. The maximum absolute atomic E-state index is 10.8. The smallest absolute Gasteiger partial charge is 0.217 e. The lowest BCUT2D eigenvalue weighted by Crippen LogP contribution is -2.19.